The molecule has 3 N–H and O–H groups in total. The van der Waals surface area contributed by atoms with Crippen molar-refractivity contribution in [3.63, 3.8) is 0 Å². The Hall–Kier alpha value is -4.61. The van der Waals surface area contributed by atoms with Crippen LogP contribution in [0, 0.1) is 12.7 Å². The molecule has 0 unspecified atom stereocenters. The second kappa shape index (κ2) is 11.6. The molecule has 2 aromatic carbocycles. The Kier molecular flexibility index (Phi) is 7.85. The number of piperazine rings is 1. The Labute approximate surface area is 230 Å². The van der Waals surface area contributed by atoms with E-state index in [4.69, 9.17) is 5.11 Å². The number of nitrogens with one attached hydrogen (secondary N) is 2. The van der Waals surface area contributed by atoms with Crippen LogP contribution in [-0.4, -0.2) is 69.8 Å². The quantitative estimate of drug-likeness (QED) is 0.290. The number of hydrogen-bond acceptors (Lipinski definition) is 8. The number of aliphatic hydroxyl groups is 1. The third kappa shape index (κ3) is 5.70. The Bertz CT molecular complexity index is 1630. The van der Waals surface area contributed by atoms with Gasteiger partial charge in [0.1, 0.15) is 5.82 Å². The molecule has 2 aromatic heterocycles. The second-order valence-electron chi connectivity index (χ2n) is 9.53. The van der Waals surface area contributed by atoms with Gasteiger partial charge in [-0.15, -0.1) is 0 Å². The summed E-state index contributed by atoms with van der Waals surface area (Å²) in [4.78, 5) is 37.7. The maximum absolute atomic E-state index is 15.1. The molecule has 11 heteroatoms. The van der Waals surface area contributed by atoms with E-state index >= 15 is 4.39 Å². The molecule has 1 amide bonds. The first kappa shape index (κ1) is 27.0. The molecule has 10 nitrogen and oxygen atoms in total. The van der Waals surface area contributed by atoms with E-state index in [1.54, 1.807) is 48.0 Å². The number of nitrogens with zero attached hydrogens (tertiary/aromatic N) is 5. The van der Waals surface area contributed by atoms with E-state index in [-0.39, 0.29) is 29.7 Å². The first-order valence-electron chi connectivity index (χ1n) is 12.9. The molecule has 0 aliphatic carbocycles. The van der Waals surface area contributed by atoms with Crippen LogP contribution in [0.4, 0.5) is 27.4 Å². The summed E-state index contributed by atoms with van der Waals surface area (Å²) in [7, 11) is 0. The molecule has 5 rings (SSSR count). The monoisotopic (exact) mass is 543 g/mol. The summed E-state index contributed by atoms with van der Waals surface area (Å²) in [5, 5.41) is 15.2. The lowest BCUT2D eigenvalue weighted by atomic mass is 10.2. The normalized spacial score (nSPS) is 13.8. The van der Waals surface area contributed by atoms with Gasteiger partial charge in [-0.25, -0.2) is 9.37 Å². The standard InChI is InChI=1S/C29H30FN7O3/c1-3-26(39)32-20-5-4-6-22(15-20)37-18-19(2)27(40)23-17-31-29(34-28(23)37)33-21-7-8-25(24(30)16-21)36-11-9-35(10-12-36)13-14-38/h3-8,15-18,38H,1,9-14H2,2H3,(H,32,39)(H,31,33,34). The van der Waals surface area contributed by atoms with Gasteiger partial charge in [0.05, 0.1) is 17.7 Å². The van der Waals surface area contributed by atoms with Gasteiger partial charge < -0.3 is 25.2 Å². The lowest BCUT2D eigenvalue weighted by molar-refractivity contribution is -0.111. The SMILES string of the molecule is C=CC(=O)Nc1cccc(-n2cc(C)c(=O)c3cnc(Nc4ccc(N5CCN(CCO)CC5)c(F)c4)nc32)c1. The van der Waals surface area contributed by atoms with E-state index < -0.39 is 0 Å². The Morgan fingerprint density at radius 3 is 2.67 bits per heavy atom. The van der Waals surface area contributed by atoms with E-state index in [0.717, 1.165) is 13.1 Å². The van der Waals surface area contributed by atoms with Gasteiger partial charge in [0, 0.05) is 67.7 Å². The van der Waals surface area contributed by atoms with Gasteiger partial charge >= 0.3 is 0 Å². The highest BCUT2D eigenvalue weighted by molar-refractivity contribution is 5.99. The van der Waals surface area contributed by atoms with Gasteiger partial charge in [-0.1, -0.05) is 12.6 Å². The van der Waals surface area contributed by atoms with Crippen molar-refractivity contribution in [3.05, 3.63) is 89.1 Å². The van der Waals surface area contributed by atoms with Crippen LogP contribution in [0.2, 0.25) is 0 Å². The zero-order valence-electron chi connectivity index (χ0n) is 22.1. The van der Waals surface area contributed by atoms with Gasteiger partial charge in [0.25, 0.3) is 0 Å². The minimum Gasteiger partial charge on any atom is -0.395 e. The van der Waals surface area contributed by atoms with Crippen molar-refractivity contribution in [1.82, 2.24) is 19.4 Å². The molecule has 1 aliphatic rings. The Morgan fingerprint density at radius 1 is 1.15 bits per heavy atom. The van der Waals surface area contributed by atoms with Gasteiger partial charge in [0.2, 0.25) is 11.9 Å². The molecule has 206 valence electrons. The summed E-state index contributed by atoms with van der Waals surface area (Å²) in [6, 6.07) is 12.0. The Morgan fingerprint density at radius 2 is 1.95 bits per heavy atom. The fraction of sp³-hybridized carbons (Fsp3) is 0.241. The minimum atomic E-state index is -0.368. The molecule has 4 aromatic rings. The van der Waals surface area contributed by atoms with Gasteiger partial charge in [-0.05, 0) is 49.4 Å². The number of rotatable bonds is 8. The number of halogens is 1. The number of carbonyl (C=O) groups excluding carboxylic acids is 1. The summed E-state index contributed by atoms with van der Waals surface area (Å²) >= 11 is 0. The second-order valence-corrected chi connectivity index (χ2v) is 9.53. The van der Waals surface area contributed by atoms with Crippen molar-refractivity contribution >= 4 is 40.0 Å². The predicted octanol–water partition coefficient (Wildman–Crippen LogP) is 3.21. The number of β-amino-alcohol motifs (C(OH)–C–C–N with tert-alkyl or cyclic N) is 1. The van der Waals surface area contributed by atoms with Crippen LogP contribution in [0.5, 0.6) is 0 Å². The van der Waals surface area contributed by atoms with Crippen LogP contribution in [0.3, 0.4) is 0 Å². The van der Waals surface area contributed by atoms with Crippen LogP contribution >= 0.6 is 0 Å². The van der Waals surface area contributed by atoms with Gasteiger partial charge in [0.15, 0.2) is 11.1 Å². The maximum atomic E-state index is 15.1. The number of fused-ring (bicyclic) bond motifs is 1. The van der Waals surface area contributed by atoms with Crippen LogP contribution in [0.1, 0.15) is 5.56 Å². The van der Waals surface area contributed by atoms with Gasteiger partial charge in [-0.3, -0.25) is 14.5 Å². The van der Waals surface area contributed by atoms with E-state index in [0.29, 0.717) is 59.0 Å². The molecular weight excluding hydrogens is 513 g/mol. The number of anilines is 4. The van der Waals surface area contributed by atoms with Crippen molar-refractivity contribution in [2.24, 2.45) is 0 Å². The van der Waals surface area contributed by atoms with Crippen molar-refractivity contribution in [3.8, 4) is 5.69 Å². The average molecular weight is 544 g/mol. The molecule has 0 saturated carbocycles. The largest absolute Gasteiger partial charge is 0.395 e. The number of carbonyl (C=O) groups is 1. The summed E-state index contributed by atoms with van der Waals surface area (Å²) in [5.41, 5.74) is 2.89. The number of aromatic nitrogens is 3. The lowest BCUT2D eigenvalue weighted by Gasteiger charge is -2.36. The van der Waals surface area contributed by atoms with Crippen molar-refractivity contribution in [2.75, 3.05) is 54.9 Å². The fourth-order valence-corrected chi connectivity index (χ4v) is 4.75. The van der Waals surface area contributed by atoms with E-state index in [1.807, 2.05) is 11.0 Å². The molecular formula is C29H30FN7O3. The van der Waals surface area contributed by atoms with Crippen LogP contribution < -0.4 is 21.0 Å². The number of aliphatic hydroxyl groups excluding tert-OH is 1. The molecule has 1 saturated heterocycles. The third-order valence-corrected chi connectivity index (χ3v) is 6.83. The van der Waals surface area contributed by atoms with Crippen molar-refractivity contribution < 1.29 is 14.3 Å². The summed E-state index contributed by atoms with van der Waals surface area (Å²) in [6.45, 7) is 8.79. The maximum Gasteiger partial charge on any atom is 0.247 e. The Balaban J connectivity index is 1.43. The molecule has 1 fully saturated rings. The zero-order chi connectivity index (χ0) is 28.2. The number of hydrogen-bond donors (Lipinski definition) is 3. The molecule has 0 atom stereocenters. The highest BCUT2D eigenvalue weighted by atomic mass is 19.1. The van der Waals surface area contributed by atoms with Crippen molar-refractivity contribution in [2.45, 2.75) is 6.92 Å². The first-order valence-corrected chi connectivity index (χ1v) is 12.9. The number of amides is 1. The van der Waals surface area contributed by atoms with E-state index in [2.05, 4.69) is 32.1 Å². The van der Waals surface area contributed by atoms with E-state index in [1.165, 1.54) is 18.3 Å². The number of aryl methyl sites for hydroxylation is 1. The number of benzene rings is 2. The molecule has 40 heavy (non-hydrogen) atoms. The summed E-state index contributed by atoms with van der Waals surface area (Å²) in [5.74, 6) is -0.508. The summed E-state index contributed by atoms with van der Waals surface area (Å²) in [6.07, 6.45) is 4.33. The fourth-order valence-electron chi connectivity index (χ4n) is 4.75. The molecule has 0 radical (unpaired) electrons. The molecule has 1 aliphatic heterocycles. The lowest BCUT2D eigenvalue weighted by Crippen LogP contribution is -2.47. The van der Waals surface area contributed by atoms with Crippen LogP contribution in [0.25, 0.3) is 16.7 Å². The van der Waals surface area contributed by atoms with Crippen LogP contribution in [-0.2, 0) is 4.79 Å². The summed E-state index contributed by atoms with van der Waals surface area (Å²) < 4.78 is 16.9. The number of pyridine rings is 1. The first-order chi connectivity index (χ1) is 19.4. The molecule has 0 spiro atoms. The van der Waals surface area contributed by atoms with Crippen LogP contribution in [0.15, 0.2) is 72.3 Å². The third-order valence-electron chi connectivity index (χ3n) is 6.83. The highest BCUT2D eigenvalue weighted by Gasteiger charge is 2.19. The minimum absolute atomic E-state index is 0.113. The topological polar surface area (TPSA) is 116 Å². The molecule has 0 bridgehead atoms. The van der Waals surface area contributed by atoms with Crippen molar-refractivity contribution in [1.29, 1.82) is 0 Å². The van der Waals surface area contributed by atoms with E-state index in [9.17, 15) is 9.59 Å². The van der Waals surface area contributed by atoms with Gasteiger partial charge in [-0.2, -0.15) is 4.98 Å². The zero-order valence-corrected chi connectivity index (χ0v) is 22.1. The smallest absolute Gasteiger partial charge is 0.247 e. The average Bonchev–Trinajstić information content (AvgIpc) is 2.96. The predicted molar refractivity (Wildman–Crippen MR) is 154 cm³/mol. The molecule has 3 heterocycles. The highest BCUT2D eigenvalue weighted by Crippen LogP contribution is 2.26.